The minimum absolute atomic E-state index is 0.142. The second-order valence-electron chi connectivity index (χ2n) is 6.06. The van der Waals surface area contributed by atoms with E-state index in [-0.39, 0.29) is 24.3 Å². The Bertz CT molecular complexity index is 725. The summed E-state index contributed by atoms with van der Waals surface area (Å²) in [6.45, 7) is 2.92. The number of anilines is 1. The summed E-state index contributed by atoms with van der Waals surface area (Å²) in [5.41, 5.74) is 0.562. The van der Waals surface area contributed by atoms with E-state index in [1.54, 1.807) is 23.3 Å². The zero-order valence-corrected chi connectivity index (χ0v) is 14.3. The van der Waals surface area contributed by atoms with E-state index in [0.717, 1.165) is 0 Å². The summed E-state index contributed by atoms with van der Waals surface area (Å²) in [6, 6.07) is 9.08. The molecule has 0 bridgehead atoms. The molecule has 1 aliphatic rings. The van der Waals surface area contributed by atoms with Crippen molar-refractivity contribution in [2.24, 2.45) is 0 Å². The highest BCUT2D eigenvalue weighted by Crippen LogP contribution is 2.09. The van der Waals surface area contributed by atoms with Crippen molar-refractivity contribution in [3.63, 3.8) is 0 Å². The lowest BCUT2D eigenvalue weighted by Gasteiger charge is -2.34. The minimum atomic E-state index is -0.343. The second kappa shape index (κ2) is 8.48. The summed E-state index contributed by atoms with van der Waals surface area (Å²) in [7, 11) is 0. The van der Waals surface area contributed by atoms with Gasteiger partial charge in [0.2, 0.25) is 5.91 Å². The maximum absolute atomic E-state index is 12.9. The third kappa shape index (κ3) is 5.06. The molecule has 1 aliphatic heterocycles. The molecule has 0 radical (unpaired) electrons. The van der Waals surface area contributed by atoms with Crippen molar-refractivity contribution in [2.45, 2.75) is 6.54 Å². The molecule has 0 unspecified atom stereocenters. The molecule has 0 aliphatic carbocycles. The minimum Gasteiger partial charge on any atom is -0.467 e. The maximum atomic E-state index is 12.9. The van der Waals surface area contributed by atoms with Crippen molar-refractivity contribution in [1.29, 1.82) is 0 Å². The average molecular weight is 360 g/mol. The van der Waals surface area contributed by atoms with Crippen LogP contribution in [-0.4, -0.2) is 54.5 Å². The SMILES string of the molecule is O=C(CN1CCN(C(=O)NCc2ccco2)CC1)Nc1ccc(F)cc1. The van der Waals surface area contributed by atoms with Crippen LogP contribution in [-0.2, 0) is 11.3 Å². The lowest BCUT2D eigenvalue weighted by Crippen LogP contribution is -2.52. The van der Waals surface area contributed by atoms with Gasteiger partial charge < -0.3 is 20.0 Å². The predicted molar refractivity (Wildman–Crippen MR) is 94.0 cm³/mol. The number of nitrogens with one attached hydrogen (secondary N) is 2. The molecule has 1 saturated heterocycles. The van der Waals surface area contributed by atoms with Crippen LogP contribution in [0.2, 0.25) is 0 Å². The summed E-state index contributed by atoms with van der Waals surface area (Å²) < 4.78 is 18.1. The Morgan fingerprint density at radius 1 is 1.08 bits per heavy atom. The van der Waals surface area contributed by atoms with E-state index in [1.807, 2.05) is 4.90 Å². The van der Waals surface area contributed by atoms with Crippen LogP contribution >= 0.6 is 0 Å². The van der Waals surface area contributed by atoms with Crippen LogP contribution in [0.1, 0.15) is 5.76 Å². The molecule has 7 nitrogen and oxygen atoms in total. The Morgan fingerprint density at radius 3 is 2.46 bits per heavy atom. The van der Waals surface area contributed by atoms with Crippen molar-refractivity contribution in [3.8, 4) is 0 Å². The third-order valence-electron chi connectivity index (χ3n) is 4.15. The smallest absolute Gasteiger partial charge is 0.317 e. The van der Waals surface area contributed by atoms with E-state index >= 15 is 0 Å². The third-order valence-corrected chi connectivity index (χ3v) is 4.15. The standard InChI is InChI=1S/C18H21FN4O3/c19-14-3-5-15(6-4-14)21-17(24)13-22-7-9-23(10-8-22)18(25)20-12-16-2-1-11-26-16/h1-6,11H,7-10,12-13H2,(H,20,25)(H,21,24). The number of hydrogen-bond donors (Lipinski definition) is 2. The Hall–Kier alpha value is -2.87. The van der Waals surface area contributed by atoms with Crippen LogP contribution in [0.4, 0.5) is 14.9 Å². The zero-order chi connectivity index (χ0) is 18.4. The number of nitrogens with zero attached hydrogens (tertiary/aromatic N) is 2. The molecule has 138 valence electrons. The number of urea groups is 1. The number of carbonyl (C=O) groups excluding carboxylic acids is 2. The summed E-state index contributed by atoms with van der Waals surface area (Å²) in [4.78, 5) is 27.9. The van der Waals surface area contributed by atoms with Gasteiger partial charge in [0.1, 0.15) is 11.6 Å². The van der Waals surface area contributed by atoms with Crippen molar-refractivity contribution < 1.29 is 18.4 Å². The topological polar surface area (TPSA) is 77.8 Å². The summed E-state index contributed by atoms with van der Waals surface area (Å²) >= 11 is 0. The van der Waals surface area contributed by atoms with Crippen LogP contribution in [0.25, 0.3) is 0 Å². The maximum Gasteiger partial charge on any atom is 0.317 e. The van der Waals surface area contributed by atoms with Gasteiger partial charge >= 0.3 is 6.03 Å². The van der Waals surface area contributed by atoms with Gasteiger partial charge in [0.15, 0.2) is 0 Å². The first kappa shape index (κ1) is 17.9. The molecule has 3 amide bonds. The lowest BCUT2D eigenvalue weighted by atomic mass is 10.3. The first-order valence-corrected chi connectivity index (χ1v) is 8.43. The van der Waals surface area contributed by atoms with Crippen LogP contribution in [0.5, 0.6) is 0 Å². The predicted octanol–water partition coefficient (Wildman–Crippen LogP) is 1.88. The number of hydrogen-bond acceptors (Lipinski definition) is 4. The van der Waals surface area contributed by atoms with Gasteiger partial charge in [-0.1, -0.05) is 0 Å². The van der Waals surface area contributed by atoms with Gasteiger partial charge in [0.25, 0.3) is 0 Å². The van der Waals surface area contributed by atoms with Crippen molar-refractivity contribution in [2.75, 3.05) is 38.0 Å². The van der Waals surface area contributed by atoms with Gasteiger partial charge in [0, 0.05) is 31.9 Å². The molecule has 0 saturated carbocycles. The number of furan rings is 1. The fraction of sp³-hybridized carbons (Fsp3) is 0.333. The summed E-state index contributed by atoms with van der Waals surface area (Å²) in [6.07, 6.45) is 1.57. The summed E-state index contributed by atoms with van der Waals surface area (Å²) in [5, 5.41) is 5.55. The van der Waals surface area contributed by atoms with E-state index in [1.165, 1.54) is 24.3 Å². The van der Waals surface area contributed by atoms with Gasteiger partial charge in [-0.25, -0.2) is 9.18 Å². The molecule has 1 fully saturated rings. The number of carbonyl (C=O) groups is 2. The van der Waals surface area contributed by atoms with Gasteiger partial charge in [-0.3, -0.25) is 9.69 Å². The van der Waals surface area contributed by atoms with Crippen LogP contribution in [0.15, 0.2) is 47.1 Å². The van der Waals surface area contributed by atoms with E-state index in [9.17, 15) is 14.0 Å². The number of halogens is 1. The highest BCUT2D eigenvalue weighted by molar-refractivity contribution is 5.92. The Kier molecular flexibility index (Phi) is 5.85. The fourth-order valence-electron chi connectivity index (χ4n) is 2.73. The molecule has 2 heterocycles. The normalized spacial score (nSPS) is 14.9. The molecule has 1 aromatic heterocycles. The molecule has 0 atom stereocenters. The van der Waals surface area contributed by atoms with E-state index in [0.29, 0.717) is 44.2 Å². The van der Waals surface area contributed by atoms with Gasteiger partial charge in [-0.15, -0.1) is 0 Å². The first-order chi connectivity index (χ1) is 12.6. The summed E-state index contributed by atoms with van der Waals surface area (Å²) in [5.74, 6) is 0.200. The van der Waals surface area contributed by atoms with E-state index in [4.69, 9.17) is 4.42 Å². The quantitative estimate of drug-likeness (QED) is 0.854. The Morgan fingerprint density at radius 2 is 1.81 bits per heavy atom. The molecule has 2 N–H and O–H groups in total. The molecule has 26 heavy (non-hydrogen) atoms. The average Bonchev–Trinajstić information content (AvgIpc) is 3.16. The second-order valence-corrected chi connectivity index (χ2v) is 6.06. The van der Waals surface area contributed by atoms with Crippen LogP contribution in [0, 0.1) is 5.82 Å². The fourth-order valence-corrected chi connectivity index (χ4v) is 2.73. The van der Waals surface area contributed by atoms with Gasteiger partial charge in [-0.2, -0.15) is 0 Å². The molecule has 8 heteroatoms. The number of rotatable bonds is 5. The number of piperazine rings is 1. The molecule has 3 rings (SSSR count). The van der Waals surface area contributed by atoms with Gasteiger partial charge in [-0.05, 0) is 36.4 Å². The molecule has 1 aromatic carbocycles. The lowest BCUT2D eigenvalue weighted by molar-refractivity contribution is -0.117. The molecule has 0 spiro atoms. The highest BCUT2D eigenvalue weighted by atomic mass is 19.1. The first-order valence-electron chi connectivity index (χ1n) is 8.43. The Balaban J connectivity index is 1.38. The monoisotopic (exact) mass is 360 g/mol. The van der Waals surface area contributed by atoms with Crippen LogP contribution < -0.4 is 10.6 Å². The van der Waals surface area contributed by atoms with Crippen molar-refractivity contribution >= 4 is 17.6 Å². The molecule has 2 aromatic rings. The van der Waals surface area contributed by atoms with Crippen molar-refractivity contribution in [1.82, 2.24) is 15.1 Å². The van der Waals surface area contributed by atoms with Crippen LogP contribution in [0.3, 0.4) is 0 Å². The number of benzene rings is 1. The highest BCUT2D eigenvalue weighted by Gasteiger charge is 2.22. The number of amides is 3. The molecular formula is C18H21FN4O3. The van der Waals surface area contributed by atoms with E-state index in [2.05, 4.69) is 10.6 Å². The molecular weight excluding hydrogens is 339 g/mol. The zero-order valence-electron chi connectivity index (χ0n) is 14.3. The largest absolute Gasteiger partial charge is 0.467 e. The Labute approximate surface area is 150 Å². The van der Waals surface area contributed by atoms with E-state index < -0.39 is 0 Å². The van der Waals surface area contributed by atoms with Gasteiger partial charge in [0.05, 0.1) is 19.4 Å². The van der Waals surface area contributed by atoms with Crippen molar-refractivity contribution in [3.05, 3.63) is 54.2 Å².